The van der Waals surface area contributed by atoms with Gasteiger partial charge in [-0.2, -0.15) is 0 Å². The van der Waals surface area contributed by atoms with Crippen LogP contribution in [0, 0.1) is 6.92 Å². The molecule has 2 N–H and O–H groups in total. The first-order chi connectivity index (χ1) is 12.1. The minimum absolute atomic E-state index is 0.410. The third-order valence-corrected chi connectivity index (χ3v) is 4.58. The topological polar surface area (TPSA) is 52.3 Å². The van der Waals surface area contributed by atoms with E-state index in [0.29, 0.717) is 0 Å². The predicted molar refractivity (Wildman–Crippen MR) is 99.7 cm³/mol. The molecular formula is C22H21NO2. The lowest BCUT2D eigenvalue weighted by molar-refractivity contribution is -0.120. The Hall–Kier alpha value is -3.07. The molecule has 126 valence electrons. The first-order valence-corrected chi connectivity index (χ1v) is 8.16. The summed E-state index contributed by atoms with van der Waals surface area (Å²) in [4.78, 5) is 12.9. The van der Waals surface area contributed by atoms with Crippen LogP contribution < -0.4 is 10.5 Å². The monoisotopic (exact) mass is 331 g/mol. The van der Waals surface area contributed by atoms with E-state index >= 15 is 0 Å². The van der Waals surface area contributed by atoms with Crippen LogP contribution >= 0.6 is 0 Å². The molecule has 3 aromatic carbocycles. The third-order valence-electron chi connectivity index (χ3n) is 4.58. The van der Waals surface area contributed by atoms with E-state index < -0.39 is 11.3 Å². The van der Waals surface area contributed by atoms with Gasteiger partial charge in [-0.15, -0.1) is 0 Å². The summed E-state index contributed by atoms with van der Waals surface area (Å²) in [6.45, 7) is 2.02. The number of nitrogens with two attached hydrogens (primary N) is 1. The van der Waals surface area contributed by atoms with Crippen molar-refractivity contribution in [2.45, 2.75) is 12.3 Å². The van der Waals surface area contributed by atoms with Crippen LogP contribution in [0.4, 0.5) is 0 Å². The fourth-order valence-corrected chi connectivity index (χ4v) is 3.26. The molecule has 0 saturated heterocycles. The van der Waals surface area contributed by atoms with Gasteiger partial charge in [-0.1, -0.05) is 72.3 Å². The smallest absolute Gasteiger partial charge is 0.237 e. The van der Waals surface area contributed by atoms with Gasteiger partial charge in [0.1, 0.15) is 11.2 Å². The van der Waals surface area contributed by atoms with Crippen LogP contribution in [-0.2, 0) is 10.2 Å². The third kappa shape index (κ3) is 2.89. The number of carbonyl (C=O) groups excluding carboxylic acids is 1. The van der Waals surface area contributed by atoms with Crippen molar-refractivity contribution < 1.29 is 9.53 Å². The number of amides is 1. The van der Waals surface area contributed by atoms with E-state index in [1.54, 1.807) is 7.11 Å². The normalized spacial score (nSPS) is 13.0. The van der Waals surface area contributed by atoms with Crippen LogP contribution in [-0.4, -0.2) is 13.0 Å². The Labute approximate surface area is 148 Å². The molecule has 0 aliphatic heterocycles. The number of ether oxygens (including phenoxy) is 1. The maximum Gasteiger partial charge on any atom is 0.237 e. The summed E-state index contributed by atoms with van der Waals surface area (Å²) < 4.78 is 5.25. The average molecular weight is 331 g/mol. The summed E-state index contributed by atoms with van der Waals surface area (Å²) in [5.74, 6) is 0.326. The summed E-state index contributed by atoms with van der Waals surface area (Å²) in [7, 11) is 1.62. The molecule has 0 saturated carbocycles. The second-order valence-corrected chi connectivity index (χ2v) is 6.07. The number of rotatable bonds is 5. The van der Waals surface area contributed by atoms with Crippen molar-refractivity contribution in [3.8, 4) is 5.75 Å². The van der Waals surface area contributed by atoms with Crippen molar-refractivity contribution in [2.24, 2.45) is 5.73 Å². The van der Waals surface area contributed by atoms with Crippen LogP contribution in [0.1, 0.15) is 22.3 Å². The van der Waals surface area contributed by atoms with Crippen LogP contribution in [0.2, 0.25) is 0 Å². The molecule has 1 amide bonds. The first kappa shape index (κ1) is 16.8. The van der Waals surface area contributed by atoms with Crippen molar-refractivity contribution in [3.63, 3.8) is 0 Å². The molecule has 0 aliphatic rings. The predicted octanol–water partition coefficient (Wildman–Crippen LogP) is 3.82. The molecule has 0 aliphatic carbocycles. The van der Waals surface area contributed by atoms with Gasteiger partial charge in [0, 0.05) is 0 Å². The maximum absolute atomic E-state index is 12.9. The maximum atomic E-state index is 12.9. The van der Waals surface area contributed by atoms with E-state index in [9.17, 15) is 4.79 Å². The van der Waals surface area contributed by atoms with E-state index in [4.69, 9.17) is 10.5 Å². The summed E-state index contributed by atoms with van der Waals surface area (Å²) in [5.41, 5.74) is 8.59. The molecule has 1 unspecified atom stereocenters. The number of primary amides is 1. The minimum atomic E-state index is -1.05. The number of hydrogen-bond acceptors (Lipinski definition) is 2. The summed E-state index contributed by atoms with van der Waals surface area (Å²) in [6, 6.07) is 25.1. The quantitative estimate of drug-likeness (QED) is 0.723. The van der Waals surface area contributed by atoms with Crippen molar-refractivity contribution in [1.82, 2.24) is 0 Å². The van der Waals surface area contributed by atoms with Crippen molar-refractivity contribution in [2.75, 3.05) is 7.11 Å². The van der Waals surface area contributed by atoms with Crippen LogP contribution in [0.15, 0.2) is 78.9 Å². The highest BCUT2D eigenvalue weighted by Gasteiger charge is 2.42. The van der Waals surface area contributed by atoms with E-state index in [0.717, 1.165) is 28.0 Å². The fourth-order valence-electron chi connectivity index (χ4n) is 3.26. The second-order valence-electron chi connectivity index (χ2n) is 6.07. The highest BCUT2D eigenvalue weighted by atomic mass is 16.5. The Bertz CT molecular complexity index is 855. The zero-order valence-corrected chi connectivity index (χ0v) is 14.4. The van der Waals surface area contributed by atoms with Gasteiger partial charge in [0.25, 0.3) is 0 Å². The molecule has 0 bridgehead atoms. The molecule has 3 aromatic rings. The Balaban J connectivity index is 2.32. The summed E-state index contributed by atoms with van der Waals surface area (Å²) in [5, 5.41) is 0. The van der Waals surface area contributed by atoms with Crippen LogP contribution in [0.25, 0.3) is 0 Å². The van der Waals surface area contributed by atoms with Crippen molar-refractivity contribution >= 4 is 5.91 Å². The van der Waals surface area contributed by atoms with Crippen molar-refractivity contribution in [1.29, 1.82) is 0 Å². The number of carbonyl (C=O) groups is 1. The zero-order chi connectivity index (χ0) is 17.9. The van der Waals surface area contributed by atoms with E-state index in [1.165, 1.54) is 0 Å². The van der Waals surface area contributed by atoms with Gasteiger partial charge in [0.05, 0.1) is 7.11 Å². The minimum Gasteiger partial charge on any atom is -0.497 e. The van der Waals surface area contributed by atoms with Gasteiger partial charge in [-0.3, -0.25) is 4.79 Å². The van der Waals surface area contributed by atoms with Crippen LogP contribution in [0.5, 0.6) is 5.75 Å². The molecule has 3 rings (SSSR count). The Kier molecular flexibility index (Phi) is 4.57. The average Bonchev–Trinajstić information content (AvgIpc) is 2.65. The van der Waals surface area contributed by atoms with E-state index in [1.807, 2.05) is 85.8 Å². The molecule has 3 nitrogen and oxygen atoms in total. The highest BCUT2D eigenvalue weighted by molar-refractivity contribution is 5.95. The number of hydrogen-bond donors (Lipinski definition) is 1. The molecule has 0 heterocycles. The molecular weight excluding hydrogens is 310 g/mol. The van der Waals surface area contributed by atoms with Crippen LogP contribution in [0.3, 0.4) is 0 Å². The molecule has 0 fully saturated rings. The second kappa shape index (κ2) is 6.81. The SMILES string of the molecule is COc1ccc(C(C(N)=O)(c2ccccc2)c2ccc(C)cc2)cc1. The van der Waals surface area contributed by atoms with E-state index in [2.05, 4.69) is 0 Å². The lowest BCUT2D eigenvalue weighted by atomic mass is 9.69. The van der Waals surface area contributed by atoms with Gasteiger partial charge in [-0.25, -0.2) is 0 Å². The Morgan fingerprint density at radius 2 is 1.28 bits per heavy atom. The van der Waals surface area contributed by atoms with Gasteiger partial charge in [0.2, 0.25) is 5.91 Å². The molecule has 1 atom stereocenters. The molecule has 0 radical (unpaired) electrons. The van der Waals surface area contributed by atoms with Gasteiger partial charge < -0.3 is 10.5 Å². The molecule has 0 aromatic heterocycles. The molecule has 3 heteroatoms. The molecule has 0 spiro atoms. The lowest BCUT2D eigenvalue weighted by Gasteiger charge is -2.32. The van der Waals surface area contributed by atoms with E-state index in [-0.39, 0.29) is 0 Å². The standard InChI is InChI=1S/C22H21NO2/c1-16-8-10-18(11-9-16)22(21(23)24,17-6-4-3-5-7-17)19-12-14-20(25-2)15-13-19/h3-15H,1-2H3,(H2,23,24). The van der Waals surface area contributed by atoms with Gasteiger partial charge >= 0.3 is 0 Å². The fraction of sp³-hybridized carbons (Fsp3) is 0.136. The zero-order valence-electron chi connectivity index (χ0n) is 14.4. The summed E-state index contributed by atoms with van der Waals surface area (Å²) >= 11 is 0. The first-order valence-electron chi connectivity index (χ1n) is 8.16. The number of benzene rings is 3. The Morgan fingerprint density at radius 1 is 0.800 bits per heavy atom. The largest absolute Gasteiger partial charge is 0.497 e. The number of aryl methyl sites for hydroxylation is 1. The van der Waals surface area contributed by atoms with Gasteiger partial charge in [0.15, 0.2) is 0 Å². The lowest BCUT2D eigenvalue weighted by Crippen LogP contribution is -2.43. The number of methoxy groups -OCH3 is 1. The van der Waals surface area contributed by atoms with Gasteiger partial charge in [-0.05, 0) is 35.7 Å². The Morgan fingerprint density at radius 3 is 1.76 bits per heavy atom. The highest BCUT2D eigenvalue weighted by Crippen LogP contribution is 2.39. The summed E-state index contributed by atoms with van der Waals surface area (Å²) in [6.07, 6.45) is 0. The van der Waals surface area contributed by atoms with Crippen molar-refractivity contribution in [3.05, 3.63) is 101 Å². The molecule has 25 heavy (non-hydrogen) atoms.